The fourth-order valence-electron chi connectivity index (χ4n) is 0.710. The smallest absolute Gasteiger partial charge is 0.0791 e. The number of para-hydroxylation sites is 1. The lowest BCUT2D eigenvalue weighted by molar-refractivity contribution is 1.35. The number of hydrogen-bond acceptors (Lipinski definition) is 4. The molecule has 0 bridgehead atoms. The van der Waals surface area contributed by atoms with Gasteiger partial charge in [-0.1, -0.05) is 18.2 Å². The molecule has 2 aromatic rings. The van der Waals surface area contributed by atoms with E-state index in [0.717, 1.165) is 5.69 Å². The number of hydrogen-bond donors (Lipinski definition) is 2. The van der Waals surface area contributed by atoms with E-state index in [1.54, 1.807) is 23.0 Å². The highest BCUT2D eigenvalue weighted by Gasteiger charge is 1.78. The summed E-state index contributed by atoms with van der Waals surface area (Å²) < 4.78 is 0. The van der Waals surface area contributed by atoms with Gasteiger partial charge < -0.3 is 5.43 Å². The van der Waals surface area contributed by atoms with Crippen molar-refractivity contribution < 1.29 is 0 Å². The van der Waals surface area contributed by atoms with Crippen molar-refractivity contribution in [1.82, 2.24) is 4.98 Å². The van der Waals surface area contributed by atoms with Gasteiger partial charge in [0.15, 0.2) is 0 Å². The first kappa shape index (κ1) is 9.70. The first-order chi connectivity index (χ1) is 6.43. The van der Waals surface area contributed by atoms with Gasteiger partial charge in [-0.3, -0.25) is 10.8 Å². The number of rotatable bonds is 1. The van der Waals surface area contributed by atoms with Crippen LogP contribution in [0.3, 0.4) is 0 Å². The summed E-state index contributed by atoms with van der Waals surface area (Å²) in [5.41, 5.74) is 5.26. The molecule has 0 saturated heterocycles. The SMILES string of the molecule is NNc1ccccc1.c1cscn1. The summed E-state index contributed by atoms with van der Waals surface area (Å²) in [6.45, 7) is 0. The Kier molecular flexibility index (Phi) is 4.60. The summed E-state index contributed by atoms with van der Waals surface area (Å²) in [7, 11) is 0. The lowest BCUT2D eigenvalue weighted by Gasteiger charge is -1.94. The van der Waals surface area contributed by atoms with Crippen molar-refractivity contribution in [3.8, 4) is 0 Å². The van der Waals surface area contributed by atoms with Crippen LogP contribution in [0.15, 0.2) is 47.4 Å². The zero-order valence-corrected chi connectivity index (χ0v) is 7.87. The van der Waals surface area contributed by atoms with Gasteiger partial charge in [-0.2, -0.15) is 0 Å². The first-order valence-electron chi connectivity index (χ1n) is 3.77. The second-order valence-corrected chi connectivity index (χ2v) is 2.94. The molecule has 0 aliphatic rings. The van der Waals surface area contributed by atoms with Crippen LogP contribution in [0.1, 0.15) is 0 Å². The topological polar surface area (TPSA) is 50.9 Å². The third kappa shape index (κ3) is 4.25. The molecule has 0 aliphatic heterocycles. The summed E-state index contributed by atoms with van der Waals surface area (Å²) in [5.74, 6) is 5.10. The summed E-state index contributed by atoms with van der Waals surface area (Å²) in [5, 5.41) is 1.93. The van der Waals surface area contributed by atoms with Crippen LogP contribution in [0.5, 0.6) is 0 Å². The van der Waals surface area contributed by atoms with Crippen molar-refractivity contribution >= 4 is 17.0 Å². The van der Waals surface area contributed by atoms with E-state index >= 15 is 0 Å². The molecule has 3 nitrogen and oxygen atoms in total. The molecule has 0 radical (unpaired) electrons. The number of hydrazine groups is 1. The lowest BCUT2D eigenvalue weighted by Crippen LogP contribution is -2.05. The zero-order chi connectivity index (χ0) is 9.36. The number of nitrogens with two attached hydrogens (primary N) is 1. The van der Waals surface area contributed by atoms with Gasteiger partial charge in [0.1, 0.15) is 0 Å². The molecule has 0 aliphatic carbocycles. The van der Waals surface area contributed by atoms with Gasteiger partial charge in [0.05, 0.1) is 5.51 Å². The molecule has 0 saturated carbocycles. The maximum Gasteiger partial charge on any atom is 0.0791 e. The summed E-state index contributed by atoms with van der Waals surface area (Å²) in [6.07, 6.45) is 1.77. The van der Waals surface area contributed by atoms with E-state index in [4.69, 9.17) is 5.84 Å². The Morgan fingerprint density at radius 1 is 1.23 bits per heavy atom. The van der Waals surface area contributed by atoms with Gasteiger partial charge in [0, 0.05) is 17.3 Å². The molecule has 0 unspecified atom stereocenters. The number of aromatic nitrogens is 1. The molecule has 4 heteroatoms. The van der Waals surface area contributed by atoms with Crippen molar-refractivity contribution in [1.29, 1.82) is 0 Å². The minimum atomic E-state index is 0.938. The normalized spacial score (nSPS) is 8.38. The van der Waals surface area contributed by atoms with Crippen LogP contribution < -0.4 is 11.3 Å². The molecule has 1 heterocycles. The third-order valence-electron chi connectivity index (χ3n) is 1.29. The molecule has 0 atom stereocenters. The van der Waals surface area contributed by atoms with Crippen LogP contribution in [0, 0.1) is 0 Å². The standard InChI is InChI=1S/C6H8N2.C3H3NS/c7-8-6-4-2-1-3-5-6;1-2-5-3-4-1/h1-5,8H,7H2;1-3H. The van der Waals surface area contributed by atoms with Crippen molar-refractivity contribution in [2.45, 2.75) is 0 Å². The highest BCUT2D eigenvalue weighted by molar-refractivity contribution is 7.07. The second-order valence-electron chi connectivity index (χ2n) is 2.19. The number of thiazole rings is 1. The van der Waals surface area contributed by atoms with E-state index < -0.39 is 0 Å². The van der Waals surface area contributed by atoms with Crippen LogP contribution >= 0.6 is 11.3 Å². The average Bonchev–Trinajstić information content (AvgIpc) is 2.77. The van der Waals surface area contributed by atoms with Crippen LogP contribution in [0.4, 0.5) is 5.69 Å². The molecule has 0 amide bonds. The molecule has 3 N–H and O–H groups in total. The molecule has 0 spiro atoms. The minimum Gasteiger partial charge on any atom is -0.324 e. The average molecular weight is 193 g/mol. The zero-order valence-electron chi connectivity index (χ0n) is 7.05. The fourth-order valence-corrected chi connectivity index (χ4v) is 1.06. The molecular weight excluding hydrogens is 182 g/mol. The van der Waals surface area contributed by atoms with Gasteiger partial charge in [0.2, 0.25) is 0 Å². The first-order valence-corrected chi connectivity index (χ1v) is 4.71. The molecule has 0 fully saturated rings. The number of anilines is 1. The van der Waals surface area contributed by atoms with Crippen molar-refractivity contribution in [2.75, 3.05) is 5.43 Å². The summed E-state index contributed by atoms with van der Waals surface area (Å²) in [6, 6.07) is 9.60. The Balaban J connectivity index is 0.000000145. The molecule has 1 aromatic heterocycles. The van der Waals surface area contributed by atoms with E-state index in [2.05, 4.69) is 10.4 Å². The van der Waals surface area contributed by atoms with Crippen LogP contribution in [0.2, 0.25) is 0 Å². The Labute approximate surface area is 81.2 Å². The Morgan fingerprint density at radius 3 is 2.31 bits per heavy atom. The second kappa shape index (κ2) is 6.16. The van der Waals surface area contributed by atoms with Crippen molar-refractivity contribution in [3.05, 3.63) is 47.4 Å². The highest BCUT2D eigenvalue weighted by Crippen LogP contribution is 2.00. The van der Waals surface area contributed by atoms with Crippen LogP contribution in [-0.2, 0) is 0 Å². The largest absolute Gasteiger partial charge is 0.324 e. The fraction of sp³-hybridized carbons (Fsp3) is 0. The van der Waals surface area contributed by atoms with Gasteiger partial charge in [-0.15, -0.1) is 11.3 Å². The molecule has 1 aromatic carbocycles. The van der Waals surface area contributed by atoms with E-state index in [9.17, 15) is 0 Å². The summed E-state index contributed by atoms with van der Waals surface area (Å²) in [4.78, 5) is 3.74. The predicted octanol–water partition coefficient (Wildman–Crippen LogP) is 2.12. The van der Waals surface area contributed by atoms with E-state index in [0.29, 0.717) is 0 Å². The van der Waals surface area contributed by atoms with E-state index in [1.165, 1.54) is 0 Å². The predicted molar refractivity (Wildman–Crippen MR) is 56.4 cm³/mol. The lowest BCUT2D eigenvalue weighted by atomic mass is 10.3. The van der Waals surface area contributed by atoms with E-state index in [-0.39, 0.29) is 0 Å². The third-order valence-corrected chi connectivity index (χ3v) is 1.81. The molecule has 13 heavy (non-hydrogen) atoms. The maximum atomic E-state index is 5.10. The molecule has 2 rings (SSSR count). The molecule has 68 valence electrons. The minimum absolute atomic E-state index is 0.938. The highest BCUT2D eigenvalue weighted by atomic mass is 32.1. The Morgan fingerprint density at radius 2 is 2.00 bits per heavy atom. The monoisotopic (exact) mass is 193 g/mol. The Hall–Kier alpha value is -1.39. The van der Waals surface area contributed by atoms with Crippen molar-refractivity contribution in [3.63, 3.8) is 0 Å². The van der Waals surface area contributed by atoms with Gasteiger partial charge in [-0.25, -0.2) is 0 Å². The van der Waals surface area contributed by atoms with E-state index in [1.807, 2.05) is 35.7 Å². The summed E-state index contributed by atoms with van der Waals surface area (Å²) >= 11 is 1.60. The number of nitrogens with one attached hydrogen (secondary N) is 1. The number of nitrogen functional groups attached to an aromatic ring is 1. The van der Waals surface area contributed by atoms with Crippen molar-refractivity contribution in [2.24, 2.45) is 5.84 Å². The maximum absolute atomic E-state index is 5.10. The number of nitrogens with zero attached hydrogens (tertiary/aromatic N) is 1. The van der Waals surface area contributed by atoms with Gasteiger partial charge in [0.25, 0.3) is 0 Å². The number of benzene rings is 1. The van der Waals surface area contributed by atoms with Gasteiger partial charge in [-0.05, 0) is 12.1 Å². The molecular formula is C9H11N3S. The Bertz CT molecular complexity index is 277. The quantitative estimate of drug-likeness (QED) is 0.538. The van der Waals surface area contributed by atoms with Gasteiger partial charge >= 0.3 is 0 Å². The van der Waals surface area contributed by atoms with Crippen LogP contribution in [-0.4, -0.2) is 4.98 Å². The van der Waals surface area contributed by atoms with Crippen LogP contribution in [0.25, 0.3) is 0 Å².